The number of carbonyl (C=O) groups is 2. The summed E-state index contributed by atoms with van der Waals surface area (Å²) in [5.74, 6) is -0.230. The zero-order valence-electron chi connectivity index (χ0n) is 15.6. The maximum atomic E-state index is 12.8. The van der Waals surface area contributed by atoms with Gasteiger partial charge < -0.3 is 14.6 Å². The second kappa shape index (κ2) is 7.68. The molecule has 4 rings (SSSR count). The highest BCUT2D eigenvalue weighted by molar-refractivity contribution is 6.30. The molecule has 0 radical (unpaired) electrons. The fraction of sp³-hybridized carbons (Fsp3) is 0.273. The number of benzene rings is 2. The van der Waals surface area contributed by atoms with Crippen LogP contribution in [0.25, 0.3) is 10.9 Å². The number of methoxy groups -OCH3 is 1. The van der Waals surface area contributed by atoms with Crippen LogP contribution < -0.4 is 0 Å². The van der Waals surface area contributed by atoms with Crippen LogP contribution in [0.1, 0.15) is 33.6 Å². The van der Waals surface area contributed by atoms with Gasteiger partial charge in [-0.25, -0.2) is 4.79 Å². The van der Waals surface area contributed by atoms with Gasteiger partial charge in [-0.05, 0) is 42.3 Å². The zero-order chi connectivity index (χ0) is 19.7. The topological polar surface area (TPSA) is 62.4 Å². The van der Waals surface area contributed by atoms with Gasteiger partial charge in [-0.15, -0.1) is 0 Å². The first-order chi connectivity index (χ1) is 13.5. The van der Waals surface area contributed by atoms with E-state index < -0.39 is 0 Å². The Hall–Kier alpha value is -2.79. The monoisotopic (exact) mass is 396 g/mol. The lowest BCUT2D eigenvalue weighted by Crippen LogP contribution is -2.35. The third-order valence-corrected chi connectivity index (χ3v) is 5.50. The molecule has 0 bridgehead atoms. The van der Waals surface area contributed by atoms with Gasteiger partial charge in [0.1, 0.15) is 0 Å². The average Bonchev–Trinajstić information content (AvgIpc) is 3.08. The highest BCUT2D eigenvalue weighted by Gasteiger charge is 2.24. The van der Waals surface area contributed by atoms with Crippen LogP contribution in [0.2, 0.25) is 5.02 Å². The summed E-state index contributed by atoms with van der Waals surface area (Å²) >= 11 is 6.02. The van der Waals surface area contributed by atoms with Crippen molar-refractivity contribution < 1.29 is 14.3 Å². The Morgan fingerprint density at radius 2 is 2.07 bits per heavy atom. The van der Waals surface area contributed by atoms with Crippen molar-refractivity contribution in [3.8, 4) is 0 Å². The molecule has 1 aliphatic heterocycles. The highest BCUT2D eigenvalue weighted by atomic mass is 35.5. The Morgan fingerprint density at radius 1 is 1.21 bits per heavy atom. The van der Waals surface area contributed by atoms with Gasteiger partial charge >= 0.3 is 5.97 Å². The summed E-state index contributed by atoms with van der Waals surface area (Å²) in [4.78, 5) is 29.9. The number of aromatic nitrogens is 1. The average molecular weight is 397 g/mol. The number of nitrogens with zero attached hydrogens (tertiary/aromatic N) is 1. The van der Waals surface area contributed by atoms with Gasteiger partial charge in [0, 0.05) is 53.1 Å². The predicted molar refractivity (Wildman–Crippen MR) is 109 cm³/mol. The van der Waals surface area contributed by atoms with Crippen LogP contribution in [-0.4, -0.2) is 35.4 Å². The van der Waals surface area contributed by atoms with Crippen molar-refractivity contribution in [2.24, 2.45) is 0 Å². The zero-order valence-corrected chi connectivity index (χ0v) is 16.4. The Morgan fingerprint density at radius 3 is 2.86 bits per heavy atom. The molecule has 1 aromatic heterocycles. The SMILES string of the molecule is COC(=O)c1ccc2[nH]c3c(c2c1)CN(C(=O)CCc1cccc(Cl)c1)CC3. The van der Waals surface area contributed by atoms with Crippen molar-refractivity contribution in [1.29, 1.82) is 0 Å². The molecule has 0 unspecified atom stereocenters. The molecule has 0 fully saturated rings. The lowest BCUT2D eigenvalue weighted by molar-refractivity contribution is -0.132. The Balaban J connectivity index is 1.51. The number of hydrogen-bond acceptors (Lipinski definition) is 3. The number of hydrogen-bond donors (Lipinski definition) is 1. The van der Waals surface area contributed by atoms with Gasteiger partial charge in [0.15, 0.2) is 0 Å². The number of carbonyl (C=O) groups excluding carboxylic acids is 2. The first-order valence-corrected chi connectivity index (χ1v) is 9.67. The fourth-order valence-electron chi connectivity index (χ4n) is 3.77. The molecule has 0 atom stereocenters. The van der Waals surface area contributed by atoms with Gasteiger partial charge in [-0.3, -0.25) is 4.79 Å². The molecule has 1 aliphatic rings. The van der Waals surface area contributed by atoms with E-state index in [0.29, 0.717) is 36.5 Å². The first kappa shape index (κ1) is 18.6. The third kappa shape index (κ3) is 3.62. The van der Waals surface area contributed by atoms with E-state index in [0.717, 1.165) is 34.1 Å². The van der Waals surface area contributed by atoms with Crippen LogP contribution in [0.4, 0.5) is 0 Å². The quantitative estimate of drug-likeness (QED) is 0.674. The van der Waals surface area contributed by atoms with Gasteiger partial charge in [-0.2, -0.15) is 0 Å². The Bertz CT molecular complexity index is 1060. The summed E-state index contributed by atoms with van der Waals surface area (Å²) < 4.78 is 4.82. The highest BCUT2D eigenvalue weighted by Crippen LogP contribution is 2.29. The molecule has 144 valence electrons. The minimum atomic E-state index is -0.359. The van der Waals surface area contributed by atoms with E-state index >= 15 is 0 Å². The normalized spacial score (nSPS) is 13.4. The number of esters is 1. The van der Waals surface area contributed by atoms with Crippen LogP contribution in [0.15, 0.2) is 42.5 Å². The van der Waals surface area contributed by atoms with E-state index in [-0.39, 0.29) is 11.9 Å². The number of ether oxygens (including phenoxy) is 1. The molecule has 0 saturated heterocycles. The minimum absolute atomic E-state index is 0.129. The minimum Gasteiger partial charge on any atom is -0.465 e. The number of fused-ring (bicyclic) bond motifs is 3. The largest absolute Gasteiger partial charge is 0.465 e. The van der Waals surface area contributed by atoms with Gasteiger partial charge in [-0.1, -0.05) is 23.7 Å². The van der Waals surface area contributed by atoms with Crippen molar-refractivity contribution in [3.05, 3.63) is 69.9 Å². The molecule has 0 aliphatic carbocycles. The van der Waals surface area contributed by atoms with E-state index in [9.17, 15) is 9.59 Å². The van der Waals surface area contributed by atoms with Gasteiger partial charge in [0.2, 0.25) is 5.91 Å². The van der Waals surface area contributed by atoms with Crippen molar-refractivity contribution in [2.75, 3.05) is 13.7 Å². The lowest BCUT2D eigenvalue weighted by atomic mass is 10.0. The lowest BCUT2D eigenvalue weighted by Gasteiger charge is -2.27. The third-order valence-electron chi connectivity index (χ3n) is 5.27. The summed E-state index contributed by atoms with van der Waals surface area (Å²) in [6, 6.07) is 13.1. The number of nitrogens with one attached hydrogen (secondary N) is 1. The second-order valence-electron chi connectivity index (χ2n) is 7.03. The standard InChI is InChI=1S/C22H21ClN2O3/c1-28-22(27)15-6-7-19-17(12-15)18-13-25(10-9-20(18)24-19)21(26)8-5-14-3-2-4-16(23)11-14/h2-4,6-7,11-12,24H,5,8-10,13H2,1H3. The Labute approximate surface area is 168 Å². The Kier molecular flexibility index (Phi) is 5.09. The smallest absolute Gasteiger partial charge is 0.337 e. The number of amides is 1. The number of aromatic amines is 1. The van der Waals surface area contributed by atoms with Crippen molar-refractivity contribution in [2.45, 2.75) is 25.8 Å². The number of rotatable bonds is 4. The van der Waals surface area contributed by atoms with Gasteiger partial charge in [0.05, 0.1) is 12.7 Å². The molecule has 3 aromatic rings. The van der Waals surface area contributed by atoms with Crippen LogP contribution in [-0.2, 0) is 28.9 Å². The molecule has 1 amide bonds. The molecule has 5 nitrogen and oxygen atoms in total. The predicted octanol–water partition coefficient (Wildman–Crippen LogP) is 4.13. The van der Waals surface area contributed by atoms with Crippen molar-refractivity contribution in [1.82, 2.24) is 9.88 Å². The summed E-state index contributed by atoms with van der Waals surface area (Å²) in [5.41, 5.74) is 4.78. The number of aryl methyl sites for hydroxylation is 1. The first-order valence-electron chi connectivity index (χ1n) is 9.29. The number of H-pyrrole nitrogens is 1. The molecule has 28 heavy (non-hydrogen) atoms. The van der Waals surface area contributed by atoms with Crippen LogP contribution >= 0.6 is 11.6 Å². The van der Waals surface area contributed by atoms with E-state index in [1.165, 1.54) is 7.11 Å². The van der Waals surface area contributed by atoms with Crippen molar-refractivity contribution >= 4 is 34.4 Å². The molecular formula is C22H21ClN2O3. The van der Waals surface area contributed by atoms with Gasteiger partial charge in [0.25, 0.3) is 0 Å². The van der Waals surface area contributed by atoms with E-state index in [1.54, 1.807) is 6.07 Å². The molecule has 0 spiro atoms. The van der Waals surface area contributed by atoms with E-state index in [1.807, 2.05) is 41.3 Å². The molecule has 0 saturated carbocycles. The molecule has 2 aromatic carbocycles. The molecular weight excluding hydrogens is 376 g/mol. The summed E-state index contributed by atoms with van der Waals surface area (Å²) in [6.07, 6.45) is 1.90. The maximum absolute atomic E-state index is 12.8. The molecule has 1 N–H and O–H groups in total. The van der Waals surface area contributed by atoms with E-state index in [2.05, 4.69) is 4.98 Å². The van der Waals surface area contributed by atoms with Crippen molar-refractivity contribution in [3.63, 3.8) is 0 Å². The van der Waals surface area contributed by atoms with Crippen LogP contribution in [0, 0.1) is 0 Å². The van der Waals surface area contributed by atoms with Crippen LogP contribution in [0.5, 0.6) is 0 Å². The maximum Gasteiger partial charge on any atom is 0.337 e. The second-order valence-corrected chi connectivity index (χ2v) is 7.47. The van der Waals surface area contributed by atoms with E-state index in [4.69, 9.17) is 16.3 Å². The number of halogens is 1. The summed E-state index contributed by atoms with van der Waals surface area (Å²) in [7, 11) is 1.37. The molecule has 6 heteroatoms. The van der Waals surface area contributed by atoms with Crippen LogP contribution in [0.3, 0.4) is 0 Å². The fourth-order valence-corrected chi connectivity index (χ4v) is 3.99. The summed E-state index contributed by atoms with van der Waals surface area (Å²) in [6.45, 7) is 1.24. The summed E-state index contributed by atoms with van der Waals surface area (Å²) in [5, 5.41) is 1.66. The molecule has 2 heterocycles.